The lowest BCUT2D eigenvalue weighted by Gasteiger charge is -2.37. The lowest BCUT2D eigenvalue weighted by atomic mass is 9.71. The predicted octanol–water partition coefficient (Wildman–Crippen LogP) is 5.11. The first kappa shape index (κ1) is 21.4. The van der Waals surface area contributed by atoms with Crippen molar-refractivity contribution in [2.45, 2.75) is 51.0 Å². The number of nitrogens with one attached hydrogen (secondary N) is 1. The van der Waals surface area contributed by atoms with Gasteiger partial charge in [0.05, 0.1) is 7.11 Å². The normalized spacial score (nSPS) is 18.6. The summed E-state index contributed by atoms with van der Waals surface area (Å²) >= 11 is 0. The number of hydrogen-bond acceptors (Lipinski definition) is 5. The molecule has 33 heavy (non-hydrogen) atoms. The molecule has 0 fully saturated rings. The average molecular weight is 448 g/mol. The number of allylic oxidation sites excluding steroid dienone is 4. The van der Waals surface area contributed by atoms with E-state index in [4.69, 9.17) is 9.47 Å². The van der Waals surface area contributed by atoms with Crippen molar-refractivity contribution in [1.82, 2.24) is 5.32 Å². The summed E-state index contributed by atoms with van der Waals surface area (Å²) in [4.78, 5) is 26.0. The summed E-state index contributed by atoms with van der Waals surface area (Å²) in [6.07, 6.45) is 4.30. The van der Waals surface area contributed by atoms with Crippen molar-refractivity contribution in [2.75, 3.05) is 7.11 Å². The van der Waals surface area contributed by atoms with E-state index in [1.54, 1.807) is 19.2 Å². The van der Waals surface area contributed by atoms with Crippen LogP contribution in [0.1, 0.15) is 55.6 Å². The van der Waals surface area contributed by atoms with Gasteiger partial charge < -0.3 is 14.8 Å². The van der Waals surface area contributed by atoms with Gasteiger partial charge in [-0.15, -0.1) is 0 Å². The standard InChI is InChI=1S/C27H26FNO4/c1-32-24-14-17(10-13-23(24)33-15-16-8-11-18(28)12-9-16)25-26-19(4-2-6-21(26)30)29-20-5-3-7-22(31)27(20)25/h8-14,25,29H,2-7,15H2,1H3. The van der Waals surface area contributed by atoms with Gasteiger partial charge in [0.25, 0.3) is 0 Å². The van der Waals surface area contributed by atoms with Gasteiger partial charge in [-0.3, -0.25) is 9.59 Å². The molecule has 0 atom stereocenters. The molecule has 0 unspecified atom stereocenters. The summed E-state index contributed by atoms with van der Waals surface area (Å²) in [6.45, 7) is 0.269. The number of ether oxygens (including phenoxy) is 2. The van der Waals surface area contributed by atoms with Gasteiger partial charge in [0.15, 0.2) is 23.1 Å². The topological polar surface area (TPSA) is 64.6 Å². The van der Waals surface area contributed by atoms with Crippen molar-refractivity contribution in [3.05, 3.63) is 81.9 Å². The number of hydrogen-bond donors (Lipinski definition) is 1. The number of Topliss-reactive ketones (excluding diaryl/α,β-unsaturated/α-hetero) is 2. The molecule has 0 saturated heterocycles. The number of ketones is 2. The van der Waals surface area contributed by atoms with E-state index >= 15 is 0 Å². The van der Waals surface area contributed by atoms with E-state index in [0.717, 1.165) is 59.4 Å². The summed E-state index contributed by atoms with van der Waals surface area (Å²) < 4.78 is 24.7. The molecule has 2 aromatic rings. The molecule has 1 heterocycles. The fourth-order valence-electron chi connectivity index (χ4n) is 5.04. The van der Waals surface area contributed by atoms with E-state index in [9.17, 15) is 14.0 Å². The van der Waals surface area contributed by atoms with Crippen LogP contribution in [0.4, 0.5) is 4.39 Å². The van der Waals surface area contributed by atoms with Crippen LogP contribution in [-0.4, -0.2) is 18.7 Å². The lowest BCUT2D eigenvalue weighted by molar-refractivity contribution is -0.116. The SMILES string of the molecule is COc1cc(C2C3=C(CCCC3=O)NC3=C2C(=O)CCC3)ccc1OCc1ccc(F)cc1. The largest absolute Gasteiger partial charge is 0.493 e. The molecule has 5 nitrogen and oxygen atoms in total. The van der Waals surface area contributed by atoms with Crippen molar-refractivity contribution >= 4 is 11.6 Å². The maximum Gasteiger partial charge on any atom is 0.161 e. The molecule has 1 N–H and O–H groups in total. The molecule has 0 spiro atoms. The Balaban J connectivity index is 1.50. The molecule has 0 aromatic heterocycles. The van der Waals surface area contributed by atoms with Gasteiger partial charge in [-0.1, -0.05) is 18.2 Å². The summed E-state index contributed by atoms with van der Waals surface area (Å²) in [5, 5.41) is 3.44. The van der Waals surface area contributed by atoms with Crippen molar-refractivity contribution in [2.24, 2.45) is 0 Å². The van der Waals surface area contributed by atoms with Crippen LogP contribution < -0.4 is 14.8 Å². The van der Waals surface area contributed by atoms with Crippen LogP contribution in [0.15, 0.2) is 65.0 Å². The molecule has 0 bridgehead atoms. The molecular formula is C27H26FNO4. The first-order chi connectivity index (χ1) is 16.0. The summed E-state index contributed by atoms with van der Waals surface area (Å²) in [7, 11) is 1.57. The number of rotatable bonds is 5. The van der Waals surface area contributed by atoms with E-state index < -0.39 is 0 Å². The quantitative estimate of drug-likeness (QED) is 0.690. The minimum atomic E-state index is -0.378. The van der Waals surface area contributed by atoms with E-state index in [1.807, 2.05) is 18.2 Å². The number of carbonyl (C=O) groups excluding carboxylic acids is 2. The Morgan fingerprint density at radius 1 is 0.879 bits per heavy atom. The fraction of sp³-hybridized carbons (Fsp3) is 0.333. The molecule has 0 saturated carbocycles. The number of halogens is 1. The Morgan fingerprint density at radius 3 is 2.12 bits per heavy atom. The van der Waals surface area contributed by atoms with Gasteiger partial charge >= 0.3 is 0 Å². The van der Waals surface area contributed by atoms with Gasteiger partial charge in [-0.2, -0.15) is 0 Å². The molecule has 5 rings (SSSR count). The maximum atomic E-state index is 13.2. The highest BCUT2D eigenvalue weighted by atomic mass is 19.1. The third-order valence-corrected chi connectivity index (χ3v) is 6.62. The number of carbonyl (C=O) groups is 2. The molecule has 3 aliphatic rings. The van der Waals surface area contributed by atoms with E-state index in [-0.39, 0.29) is 29.9 Å². The average Bonchev–Trinajstić information content (AvgIpc) is 2.83. The van der Waals surface area contributed by atoms with Crippen LogP contribution in [0.3, 0.4) is 0 Å². The Kier molecular flexibility index (Phi) is 5.75. The van der Waals surface area contributed by atoms with Crippen molar-refractivity contribution < 1.29 is 23.5 Å². The van der Waals surface area contributed by atoms with Gasteiger partial charge in [0, 0.05) is 41.3 Å². The van der Waals surface area contributed by atoms with Crippen molar-refractivity contribution in [1.29, 1.82) is 0 Å². The van der Waals surface area contributed by atoms with E-state index in [1.165, 1.54) is 12.1 Å². The second kappa shape index (κ2) is 8.85. The minimum Gasteiger partial charge on any atom is -0.493 e. The van der Waals surface area contributed by atoms with E-state index in [2.05, 4.69) is 5.32 Å². The number of benzene rings is 2. The Bertz CT molecular complexity index is 1140. The Labute approximate surface area is 192 Å². The first-order valence-corrected chi connectivity index (χ1v) is 11.4. The Morgan fingerprint density at radius 2 is 1.52 bits per heavy atom. The molecule has 170 valence electrons. The second-order valence-corrected chi connectivity index (χ2v) is 8.72. The zero-order valence-electron chi connectivity index (χ0n) is 18.6. The third-order valence-electron chi connectivity index (χ3n) is 6.62. The van der Waals surface area contributed by atoms with Crippen LogP contribution in [0, 0.1) is 5.82 Å². The molecule has 6 heteroatoms. The van der Waals surface area contributed by atoms with Crippen LogP contribution in [0.2, 0.25) is 0 Å². The molecule has 2 aliphatic carbocycles. The van der Waals surface area contributed by atoms with Crippen LogP contribution in [0.25, 0.3) is 0 Å². The van der Waals surface area contributed by atoms with Crippen LogP contribution >= 0.6 is 0 Å². The summed E-state index contributed by atoms with van der Waals surface area (Å²) in [6, 6.07) is 11.8. The molecule has 1 aliphatic heterocycles. The lowest BCUT2D eigenvalue weighted by Crippen LogP contribution is -2.36. The van der Waals surface area contributed by atoms with Crippen molar-refractivity contribution in [3.8, 4) is 11.5 Å². The summed E-state index contributed by atoms with van der Waals surface area (Å²) in [5.74, 6) is 0.622. The van der Waals surface area contributed by atoms with Gasteiger partial charge in [-0.05, 0) is 61.1 Å². The van der Waals surface area contributed by atoms with Gasteiger partial charge in [0.2, 0.25) is 0 Å². The molecule has 0 radical (unpaired) electrons. The predicted molar refractivity (Wildman–Crippen MR) is 121 cm³/mol. The van der Waals surface area contributed by atoms with Gasteiger partial charge in [0.1, 0.15) is 12.4 Å². The third kappa shape index (κ3) is 4.06. The zero-order valence-corrected chi connectivity index (χ0v) is 18.6. The molecular weight excluding hydrogens is 421 g/mol. The number of methoxy groups -OCH3 is 1. The Hall–Kier alpha value is -3.41. The van der Waals surface area contributed by atoms with E-state index in [0.29, 0.717) is 24.3 Å². The molecule has 2 aromatic carbocycles. The second-order valence-electron chi connectivity index (χ2n) is 8.72. The monoisotopic (exact) mass is 447 g/mol. The smallest absolute Gasteiger partial charge is 0.161 e. The maximum absolute atomic E-state index is 13.2. The highest BCUT2D eigenvalue weighted by Crippen LogP contribution is 2.46. The van der Waals surface area contributed by atoms with Crippen LogP contribution in [0.5, 0.6) is 11.5 Å². The van der Waals surface area contributed by atoms with Crippen LogP contribution in [-0.2, 0) is 16.2 Å². The molecule has 0 amide bonds. The minimum absolute atomic E-state index is 0.106. The number of dihydropyridines is 1. The fourth-order valence-corrected chi connectivity index (χ4v) is 5.04. The van der Waals surface area contributed by atoms with Crippen molar-refractivity contribution in [3.63, 3.8) is 0 Å². The highest BCUT2D eigenvalue weighted by molar-refractivity contribution is 6.06. The highest BCUT2D eigenvalue weighted by Gasteiger charge is 2.40. The first-order valence-electron chi connectivity index (χ1n) is 11.4. The summed E-state index contributed by atoms with van der Waals surface area (Å²) in [5.41, 5.74) is 5.05. The van der Waals surface area contributed by atoms with Gasteiger partial charge in [-0.25, -0.2) is 4.39 Å². The zero-order chi connectivity index (χ0) is 22.9.